The minimum absolute atomic E-state index is 0.0456. The number of nitrogens with one attached hydrogen (secondary N) is 2. The van der Waals surface area contributed by atoms with Crippen LogP contribution in [0.1, 0.15) is 16.3 Å². The van der Waals surface area contributed by atoms with E-state index in [0.29, 0.717) is 6.54 Å². The molecular weight excluding hydrogens is 258 g/mol. The molecule has 0 aliphatic rings. The number of amides is 1. The molecule has 0 radical (unpaired) electrons. The number of carbonyl (C=O) groups excluding carboxylic acids is 1. The summed E-state index contributed by atoms with van der Waals surface area (Å²) in [5.41, 5.74) is 2.97. The van der Waals surface area contributed by atoms with Crippen LogP contribution in [0.25, 0.3) is 0 Å². The Bertz CT molecular complexity index is 548. The van der Waals surface area contributed by atoms with Gasteiger partial charge in [0.2, 0.25) is 5.91 Å². The van der Waals surface area contributed by atoms with E-state index in [1.54, 1.807) is 11.3 Å². The summed E-state index contributed by atoms with van der Waals surface area (Å²) in [7, 11) is 0. The van der Waals surface area contributed by atoms with Gasteiger partial charge in [0.15, 0.2) is 0 Å². The van der Waals surface area contributed by atoms with Gasteiger partial charge >= 0.3 is 0 Å². The van der Waals surface area contributed by atoms with Crippen LogP contribution in [-0.2, 0) is 11.3 Å². The Balaban J connectivity index is 1.74. The SMILES string of the molecule is Cc1ccc(NC(=O)CNCc2csc(C)n2)cc1. The van der Waals surface area contributed by atoms with Crippen LogP contribution in [0.3, 0.4) is 0 Å². The van der Waals surface area contributed by atoms with Gasteiger partial charge < -0.3 is 10.6 Å². The van der Waals surface area contributed by atoms with Crippen LogP contribution >= 0.6 is 11.3 Å². The third-order valence-electron chi connectivity index (χ3n) is 2.59. The van der Waals surface area contributed by atoms with Gasteiger partial charge in [0.25, 0.3) is 0 Å². The van der Waals surface area contributed by atoms with Gasteiger partial charge in [0.1, 0.15) is 0 Å². The monoisotopic (exact) mass is 275 g/mol. The average Bonchev–Trinajstić information content (AvgIpc) is 2.78. The maximum Gasteiger partial charge on any atom is 0.238 e. The fourth-order valence-electron chi connectivity index (χ4n) is 1.64. The molecule has 4 nitrogen and oxygen atoms in total. The Morgan fingerprint density at radius 2 is 2.00 bits per heavy atom. The lowest BCUT2D eigenvalue weighted by Crippen LogP contribution is -2.27. The van der Waals surface area contributed by atoms with Crippen molar-refractivity contribution >= 4 is 22.9 Å². The number of nitrogens with zero attached hydrogens (tertiary/aromatic N) is 1. The quantitative estimate of drug-likeness (QED) is 0.881. The highest BCUT2D eigenvalue weighted by atomic mass is 32.1. The van der Waals surface area contributed by atoms with Crippen LogP contribution in [0.4, 0.5) is 5.69 Å². The van der Waals surface area contributed by atoms with Crippen molar-refractivity contribution < 1.29 is 4.79 Å². The van der Waals surface area contributed by atoms with Crippen molar-refractivity contribution in [3.63, 3.8) is 0 Å². The molecule has 5 heteroatoms. The molecule has 2 rings (SSSR count). The Kier molecular flexibility index (Phi) is 4.65. The van der Waals surface area contributed by atoms with E-state index in [4.69, 9.17) is 0 Å². The third-order valence-corrected chi connectivity index (χ3v) is 3.42. The zero-order chi connectivity index (χ0) is 13.7. The van der Waals surface area contributed by atoms with E-state index < -0.39 is 0 Å². The molecule has 0 unspecified atom stereocenters. The van der Waals surface area contributed by atoms with Gasteiger partial charge in [-0.3, -0.25) is 4.79 Å². The van der Waals surface area contributed by atoms with Crippen molar-refractivity contribution in [3.8, 4) is 0 Å². The Labute approximate surface area is 116 Å². The minimum atomic E-state index is -0.0456. The number of hydrogen-bond acceptors (Lipinski definition) is 4. The fourth-order valence-corrected chi connectivity index (χ4v) is 2.25. The van der Waals surface area contributed by atoms with Gasteiger partial charge in [-0.2, -0.15) is 0 Å². The maximum absolute atomic E-state index is 11.7. The number of benzene rings is 1. The topological polar surface area (TPSA) is 54.0 Å². The van der Waals surface area contributed by atoms with Crippen molar-refractivity contribution in [2.24, 2.45) is 0 Å². The van der Waals surface area contributed by atoms with Crippen LogP contribution in [-0.4, -0.2) is 17.4 Å². The molecule has 0 saturated carbocycles. The Morgan fingerprint density at radius 1 is 1.26 bits per heavy atom. The first-order chi connectivity index (χ1) is 9.13. The molecule has 1 aromatic carbocycles. The average molecular weight is 275 g/mol. The summed E-state index contributed by atoms with van der Waals surface area (Å²) < 4.78 is 0. The largest absolute Gasteiger partial charge is 0.325 e. The molecule has 1 amide bonds. The summed E-state index contributed by atoms with van der Waals surface area (Å²) >= 11 is 1.62. The molecule has 0 atom stereocenters. The molecule has 2 aromatic rings. The van der Waals surface area contributed by atoms with Crippen molar-refractivity contribution in [2.45, 2.75) is 20.4 Å². The predicted molar refractivity (Wildman–Crippen MR) is 78.4 cm³/mol. The molecule has 1 heterocycles. The van der Waals surface area contributed by atoms with Gasteiger partial charge in [-0.15, -0.1) is 11.3 Å². The van der Waals surface area contributed by atoms with Gasteiger partial charge in [0.05, 0.1) is 17.2 Å². The second-order valence-electron chi connectivity index (χ2n) is 4.38. The van der Waals surface area contributed by atoms with Crippen LogP contribution in [0.2, 0.25) is 0 Å². The van der Waals surface area contributed by atoms with Gasteiger partial charge in [-0.05, 0) is 26.0 Å². The van der Waals surface area contributed by atoms with Crippen LogP contribution < -0.4 is 10.6 Å². The summed E-state index contributed by atoms with van der Waals surface area (Å²) in [4.78, 5) is 16.0. The van der Waals surface area contributed by atoms with E-state index in [0.717, 1.165) is 16.4 Å². The minimum Gasteiger partial charge on any atom is -0.325 e. The first-order valence-electron chi connectivity index (χ1n) is 6.12. The highest BCUT2D eigenvalue weighted by molar-refractivity contribution is 7.09. The Hall–Kier alpha value is -1.72. The molecule has 2 N–H and O–H groups in total. The molecular formula is C14H17N3OS. The van der Waals surface area contributed by atoms with Crippen LogP contribution in [0, 0.1) is 13.8 Å². The van der Waals surface area contributed by atoms with Crippen molar-refractivity contribution in [2.75, 3.05) is 11.9 Å². The molecule has 0 fully saturated rings. The summed E-state index contributed by atoms with van der Waals surface area (Å²) in [6.45, 7) is 4.89. The normalized spacial score (nSPS) is 10.4. The van der Waals surface area contributed by atoms with E-state index in [1.165, 1.54) is 5.56 Å². The number of carbonyl (C=O) groups is 1. The summed E-state index contributed by atoms with van der Waals surface area (Å²) in [5.74, 6) is -0.0456. The van der Waals surface area contributed by atoms with E-state index in [9.17, 15) is 4.79 Å². The number of hydrogen-bond donors (Lipinski definition) is 2. The lowest BCUT2D eigenvalue weighted by molar-refractivity contribution is -0.115. The number of anilines is 1. The Morgan fingerprint density at radius 3 is 2.63 bits per heavy atom. The zero-order valence-corrected chi connectivity index (χ0v) is 11.9. The summed E-state index contributed by atoms with van der Waals surface area (Å²) in [5, 5.41) is 8.96. The highest BCUT2D eigenvalue weighted by Gasteiger charge is 2.03. The summed E-state index contributed by atoms with van der Waals surface area (Å²) in [6.07, 6.45) is 0. The fraction of sp³-hybridized carbons (Fsp3) is 0.286. The first kappa shape index (κ1) is 13.7. The van der Waals surface area contributed by atoms with Gasteiger partial charge in [0, 0.05) is 17.6 Å². The number of aryl methyl sites for hydroxylation is 2. The number of rotatable bonds is 5. The molecule has 1 aromatic heterocycles. The lowest BCUT2D eigenvalue weighted by Gasteiger charge is -2.06. The zero-order valence-electron chi connectivity index (χ0n) is 11.1. The van der Waals surface area contributed by atoms with E-state index in [-0.39, 0.29) is 12.5 Å². The standard InChI is InChI=1S/C14H17N3OS/c1-10-3-5-12(6-4-10)17-14(18)8-15-7-13-9-19-11(2)16-13/h3-6,9,15H,7-8H2,1-2H3,(H,17,18). The molecule has 100 valence electrons. The van der Waals surface area contributed by atoms with E-state index in [2.05, 4.69) is 15.6 Å². The molecule has 0 aliphatic heterocycles. The predicted octanol–water partition coefficient (Wildman–Crippen LogP) is 2.49. The first-order valence-corrected chi connectivity index (χ1v) is 7.00. The second kappa shape index (κ2) is 6.45. The smallest absolute Gasteiger partial charge is 0.238 e. The van der Waals surface area contributed by atoms with Crippen LogP contribution in [0.15, 0.2) is 29.6 Å². The molecule has 0 saturated heterocycles. The molecule has 0 bridgehead atoms. The van der Waals surface area contributed by atoms with E-state index >= 15 is 0 Å². The number of aromatic nitrogens is 1. The van der Waals surface area contributed by atoms with Crippen molar-refractivity contribution in [1.29, 1.82) is 0 Å². The maximum atomic E-state index is 11.7. The number of thiazole rings is 1. The summed E-state index contributed by atoms with van der Waals surface area (Å²) in [6, 6.07) is 7.75. The molecule has 0 aliphatic carbocycles. The van der Waals surface area contributed by atoms with Gasteiger partial charge in [-0.1, -0.05) is 17.7 Å². The molecule has 19 heavy (non-hydrogen) atoms. The second-order valence-corrected chi connectivity index (χ2v) is 5.44. The van der Waals surface area contributed by atoms with Gasteiger partial charge in [-0.25, -0.2) is 4.98 Å². The van der Waals surface area contributed by atoms with Crippen LogP contribution in [0.5, 0.6) is 0 Å². The molecule has 0 spiro atoms. The lowest BCUT2D eigenvalue weighted by atomic mass is 10.2. The third kappa shape index (κ3) is 4.46. The van der Waals surface area contributed by atoms with Crippen molar-refractivity contribution in [1.82, 2.24) is 10.3 Å². The van der Waals surface area contributed by atoms with E-state index in [1.807, 2.05) is 43.5 Å². The highest BCUT2D eigenvalue weighted by Crippen LogP contribution is 2.08. The van der Waals surface area contributed by atoms with Crippen molar-refractivity contribution in [3.05, 3.63) is 45.9 Å².